The maximum absolute atomic E-state index is 12.8. The molecule has 0 saturated heterocycles. The molecule has 118 valence electrons. The number of aliphatic carboxylic acids is 1. The zero-order valence-corrected chi connectivity index (χ0v) is 11.9. The Kier molecular flexibility index (Phi) is 3.95. The van der Waals surface area contributed by atoms with Gasteiger partial charge in [-0.3, -0.25) is 4.79 Å². The minimum absolute atomic E-state index is 0.0889. The van der Waals surface area contributed by atoms with E-state index in [9.17, 15) is 18.0 Å². The van der Waals surface area contributed by atoms with E-state index in [-0.39, 0.29) is 12.1 Å². The Hall–Kier alpha value is -2.38. The van der Waals surface area contributed by atoms with Crippen LogP contribution in [0.25, 0.3) is 5.69 Å². The van der Waals surface area contributed by atoms with Crippen molar-refractivity contribution in [3.63, 3.8) is 0 Å². The standard InChI is InChI=1S/C14H14F3N3O2/c1-13(2,12(21)22)7-11-8-18-19-20(11)10-5-3-4-9(6-10)14(15,16)17/h3-6,8H,7H2,1-2H3,(H,21,22). The van der Waals surface area contributed by atoms with Gasteiger partial charge in [0.25, 0.3) is 0 Å². The molecule has 2 aromatic rings. The van der Waals surface area contributed by atoms with Crippen molar-refractivity contribution in [2.75, 3.05) is 0 Å². The van der Waals surface area contributed by atoms with E-state index in [0.717, 1.165) is 12.1 Å². The quantitative estimate of drug-likeness (QED) is 0.942. The molecule has 0 aliphatic rings. The number of carboxylic acid groups (broad SMARTS) is 1. The molecule has 0 fully saturated rings. The van der Waals surface area contributed by atoms with E-state index in [4.69, 9.17) is 5.11 Å². The lowest BCUT2D eigenvalue weighted by Gasteiger charge is -2.19. The largest absolute Gasteiger partial charge is 0.481 e. The first kappa shape index (κ1) is 16.0. The molecule has 0 aliphatic heterocycles. The molecule has 2 rings (SSSR count). The van der Waals surface area contributed by atoms with Crippen molar-refractivity contribution in [1.82, 2.24) is 15.0 Å². The number of carbonyl (C=O) groups is 1. The van der Waals surface area contributed by atoms with Crippen LogP contribution in [0.2, 0.25) is 0 Å². The highest BCUT2D eigenvalue weighted by molar-refractivity contribution is 5.73. The molecule has 1 N–H and O–H groups in total. The molecule has 8 heteroatoms. The van der Waals surface area contributed by atoms with E-state index in [1.807, 2.05) is 0 Å². The van der Waals surface area contributed by atoms with E-state index in [0.29, 0.717) is 5.69 Å². The first-order valence-electron chi connectivity index (χ1n) is 6.42. The van der Waals surface area contributed by atoms with Crippen LogP contribution >= 0.6 is 0 Å². The number of aromatic nitrogens is 3. The van der Waals surface area contributed by atoms with E-state index in [2.05, 4.69) is 10.3 Å². The Bertz CT molecular complexity index is 693. The monoisotopic (exact) mass is 313 g/mol. The number of hydrogen-bond donors (Lipinski definition) is 1. The summed E-state index contributed by atoms with van der Waals surface area (Å²) in [6.45, 7) is 3.05. The lowest BCUT2D eigenvalue weighted by Crippen LogP contribution is -2.27. The molecule has 1 aromatic carbocycles. The predicted molar refractivity (Wildman–Crippen MR) is 71.5 cm³/mol. The third kappa shape index (κ3) is 3.26. The molecule has 0 bridgehead atoms. The number of rotatable bonds is 4. The van der Waals surface area contributed by atoms with Crippen LogP contribution < -0.4 is 0 Å². The summed E-state index contributed by atoms with van der Waals surface area (Å²) in [5, 5.41) is 16.6. The molecular weight excluding hydrogens is 299 g/mol. The Balaban J connectivity index is 2.40. The maximum atomic E-state index is 12.8. The summed E-state index contributed by atoms with van der Waals surface area (Å²) in [5.41, 5.74) is -1.28. The molecule has 0 saturated carbocycles. The number of carboxylic acids is 1. The summed E-state index contributed by atoms with van der Waals surface area (Å²) in [6.07, 6.45) is -3.02. The summed E-state index contributed by atoms with van der Waals surface area (Å²) in [7, 11) is 0. The van der Waals surface area contributed by atoms with Gasteiger partial charge in [0, 0.05) is 6.42 Å². The minimum atomic E-state index is -4.46. The number of halogens is 3. The molecule has 1 aromatic heterocycles. The topological polar surface area (TPSA) is 68.0 Å². The van der Waals surface area contributed by atoms with E-state index in [1.54, 1.807) is 0 Å². The molecule has 0 atom stereocenters. The summed E-state index contributed by atoms with van der Waals surface area (Å²) in [5.74, 6) is -1.01. The Morgan fingerprint density at radius 3 is 2.59 bits per heavy atom. The van der Waals surface area contributed by atoms with E-state index in [1.165, 1.54) is 36.9 Å². The second kappa shape index (κ2) is 5.43. The van der Waals surface area contributed by atoms with Gasteiger partial charge in [0.05, 0.1) is 28.6 Å². The van der Waals surface area contributed by atoms with Gasteiger partial charge in [-0.2, -0.15) is 13.2 Å². The summed E-state index contributed by atoms with van der Waals surface area (Å²) < 4.78 is 39.5. The van der Waals surface area contributed by atoms with Crippen LogP contribution in [0, 0.1) is 5.41 Å². The highest BCUT2D eigenvalue weighted by Gasteiger charge is 2.32. The second-order valence-corrected chi connectivity index (χ2v) is 5.55. The molecular formula is C14H14F3N3O2. The third-order valence-electron chi connectivity index (χ3n) is 3.24. The lowest BCUT2D eigenvalue weighted by molar-refractivity contribution is -0.146. The highest BCUT2D eigenvalue weighted by atomic mass is 19.4. The van der Waals surface area contributed by atoms with Gasteiger partial charge >= 0.3 is 12.1 Å². The van der Waals surface area contributed by atoms with E-state index >= 15 is 0 Å². The Morgan fingerprint density at radius 1 is 1.32 bits per heavy atom. The lowest BCUT2D eigenvalue weighted by atomic mass is 9.88. The molecule has 0 spiro atoms. The summed E-state index contributed by atoms with van der Waals surface area (Å²) >= 11 is 0. The Labute approximate surface area is 124 Å². The fourth-order valence-electron chi connectivity index (χ4n) is 1.94. The average molecular weight is 313 g/mol. The molecule has 0 radical (unpaired) electrons. The molecule has 0 amide bonds. The van der Waals surface area contributed by atoms with Crippen LogP contribution in [0.5, 0.6) is 0 Å². The van der Waals surface area contributed by atoms with Crippen LogP contribution in [0.1, 0.15) is 25.1 Å². The van der Waals surface area contributed by atoms with Gasteiger partial charge in [0.15, 0.2) is 0 Å². The SMILES string of the molecule is CC(C)(Cc1cnnn1-c1cccc(C(F)(F)F)c1)C(=O)O. The van der Waals surface area contributed by atoms with Crippen molar-refractivity contribution in [2.24, 2.45) is 5.41 Å². The first-order chi connectivity index (χ1) is 10.1. The molecule has 22 heavy (non-hydrogen) atoms. The normalized spacial score (nSPS) is 12.4. The van der Waals surface area contributed by atoms with Crippen molar-refractivity contribution >= 4 is 5.97 Å². The van der Waals surface area contributed by atoms with Gasteiger partial charge in [-0.15, -0.1) is 5.10 Å². The van der Waals surface area contributed by atoms with Crippen LogP contribution in [0.3, 0.4) is 0 Å². The maximum Gasteiger partial charge on any atom is 0.416 e. The van der Waals surface area contributed by atoms with E-state index < -0.39 is 23.1 Å². The number of nitrogens with zero attached hydrogens (tertiary/aromatic N) is 3. The smallest absolute Gasteiger partial charge is 0.416 e. The van der Waals surface area contributed by atoms with Crippen molar-refractivity contribution < 1.29 is 23.1 Å². The highest BCUT2D eigenvalue weighted by Crippen LogP contribution is 2.31. The van der Waals surface area contributed by atoms with Crippen molar-refractivity contribution in [1.29, 1.82) is 0 Å². The fraction of sp³-hybridized carbons (Fsp3) is 0.357. The Morgan fingerprint density at radius 2 is 2.00 bits per heavy atom. The minimum Gasteiger partial charge on any atom is -0.481 e. The van der Waals surface area contributed by atoms with Gasteiger partial charge < -0.3 is 5.11 Å². The fourth-order valence-corrected chi connectivity index (χ4v) is 1.94. The van der Waals surface area contributed by atoms with Gasteiger partial charge in [-0.1, -0.05) is 11.3 Å². The zero-order chi connectivity index (χ0) is 16.5. The third-order valence-corrected chi connectivity index (χ3v) is 3.24. The van der Waals surface area contributed by atoms with Crippen molar-refractivity contribution in [2.45, 2.75) is 26.4 Å². The van der Waals surface area contributed by atoms with Gasteiger partial charge in [0.2, 0.25) is 0 Å². The van der Waals surface area contributed by atoms with Crippen LogP contribution in [0.15, 0.2) is 30.5 Å². The van der Waals surface area contributed by atoms with Gasteiger partial charge in [-0.05, 0) is 32.0 Å². The molecule has 5 nitrogen and oxygen atoms in total. The molecule has 1 heterocycles. The number of benzene rings is 1. The van der Waals surface area contributed by atoms with Crippen LogP contribution in [0.4, 0.5) is 13.2 Å². The predicted octanol–water partition coefficient (Wildman–Crippen LogP) is 2.94. The first-order valence-corrected chi connectivity index (χ1v) is 6.42. The van der Waals surface area contributed by atoms with Gasteiger partial charge in [-0.25, -0.2) is 4.68 Å². The molecule has 0 aliphatic carbocycles. The van der Waals surface area contributed by atoms with Crippen molar-refractivity contribution in [3.05, 3.63) is 41.7 Å². The average Bonchev–Trinajstić information content (AvgIpc) is 2.85. The molecule has 0 unspecified atom stereocenters. The number of alkyl halides is 3. The van der Waals surface area contributed by atoms with Crippen LogP contribution in [-0.2, 0) is 17.4 Å². The summed E-state index contributed by atoms with van der Waals surface area (Å²) in [4.78, 5) is 11.2. The van der Waals surface area contributed by atoms with Gasteiger partial charge in [0.1, 0.15) is 0 Å². The number of hydrogen-bond acceptors (Lipinski definition) is 3. The van der Waals surface area contributed by atoms with Crippen LogP contribution in [-0.4, -0.2) is 26.1 Å². The summed E-state index contributed by atoms with van der Waals surface area (Å²) in [6, 6.07) is 4.64. The van der Waals surface area contributed by atoms with Crippen molar-refractivity contribution in [3.8, 4) is 5.69 Å². The zero-order valence-electron chi connectivity index (χ0n) is 11.9. The second-order valence-electron chi connectivity index (χ2n) is 5.55.